The number of rotatable bonds is 0. The second kappa shape index (κ2) is 3.75. The van der Waals surface area contributed by atoms with Crippen LogP contribution < -0.4 is 9.67 Å². The van der Waals surface area contributed by atoms with Crippen LogP contribution in [0.5, 0.6) is 0 Å². The summed E-state index contributed by atoms with van der Waals surface area (Å²) in [7, 11) is 0. The molecule has 0 fully saturated rings. The predicted octanol–water partition coefficient (Wildman–Crippen LogP) is 2.21. The molecule has 0 unspecified atom stereocenters. The topological polar surface area (TPSA) is 17.1 Å². The third-order valence-corrected chi connectivity index (χ3v) is 3.95. The summed E-state index contributed by atoms with van der Waals surface area (Å²) in [5.41, 5.74) is 0.155. The Morgan fingerprint density at radius 1 is 0.938 bits per heavy atom. The predicted molar refractivity (Wildman–Crippen MR) is 71.0 cm³/mol. The summed E-state index contributed by atoms with van der Waals surface area (Å²) in [5, 5.41) is 1.69. The van der Waals surface area contributed by atoms with Gasteiger partial charge in [-0.05, 0) is 0 Å². The molecule has 0 bridgehead atoms. The van der Waals surface area contributed by atoms with Gasteiger partial charge in [-0.15, -0.1) is 0 Å². The van der Waals surface area contributed by atoms with E-state index in [0.29, 0.717) is 0 Å². The molecule has 0 spiro atoms. The van der Waals surface area contributed by atoms with E-state index in [1.54, 1.807) is 11.3 Å². The third kappa shape index (κ3) is 1.42. The van der Waals surface area contributed by atoms with Crippen LogP contribution >= 0.6 is 11.3 Å². The van der Waals surface area contributed by atoms with Crippen molar-refractivity contribution >= 4 is 53.5 Å². The molecule has 1 nitrogen and oxygen atoms in total. The van der Waals surface area contributed by atoms with Gasteiger partial charge >= 0.3 is 106 Å². The molecule has 3 heteroatoms. The molecule has 0 saturated heterocycles. The van der Waals surface area contributed by atoms with Gasteiger partial charge in [0, 0.05) is 0 Å². The zero-order valence-electron chi connectivity index (χ0n) is 8.86. The number of benzene rings is 2. The van der Waals surface area contributed by atoms with Gasteiger partial charge in [0.1, 0.15) is 0 Å². The van der Waals surface area contributed by atoms with Gasteiger partial charge in [0.2, 0.25) is 0 Å². The summed E-state index contributed by atoms with van der Waals surface area (Å²) < 4.78 is 3.19. The second-order valence-corrected chi connectivity index (χ2v) is 4.96. The van der Waals surface area contributed by atoms with E-state index < -0.39 is 0 Å². The van der Waals surface area contributed by atoms with Crippen molar-refractivity contribution < 1.29 is 0 Å². The summed E-state index contributed by atoms with van der Waals surface area (Å²) in [5.74, 6) is 0. The van der Waals surface area contributed by atoms with Crippen LogP contribution in [-0.4, -0.2) is 17.7 Å². The quantitative estimate of drug-likeness (QED) is 0.417. The molecule has 0 aliphatic carbocycles. The van der Waals surface area contributed by atoms with Gasteiger partial charge in [0.15, 0.2) is 0 Å². The number of fused-ring (bicyclic) bond motifs is 2. The van der Waals surface area contributed by atoms with Crippen LogP contribution in [0.2, 0.25) is 0 Å². The first-order valence-corrected chi connectivity index (χ1v) is 6.00. The molecule has 0 aliphatic heterocycles. The maximum atomic E-state index is 12.3. The van der Waals surface area contributed by atoms with E-state index >= 15 is 0 Å². The van der Waals surface area contributed by atoms with Crippen LogP contribution in [0.4, 0.5) is 0 Å². The Hall–Kier alpha value is -1.07. The van der Waals surface area contributed by atoms with E-state index in [1.165, 1.54) is 0 Å². The summed E-state index contributed by atoms with van der Waals surface area (Å²) in [6.07, 6.45) is 0. The first-order valence-electron chi connectivity index (χ1n) is 5.18. The monoisotopic (exact) mass is 218 g/mol. The third-order valence-electron chi connectivity index (χ3n) is 2.81. The minimum atomic E-state index is 0.155. The van der Waals surface area contributed by atoms with Gasteiger partial charge in [-0.1, -0.05) is 0 Å². The first kappa shape index (κ1) is 10.1. The van der Waals surface area contributed by atoms with E-state index in [4.69, 9.17) is 0 Å². The van der Waals surface area contributed by atoms with Crippen LogP contribution in [0.25, 0.3) is 20.2 Å². The van der Waals surface area contributed by atoms with E-state index in [2.05, 4.69) is 0 Å². The fourth-order valence-corrected chi connectivity index (χ4v) is 3.17. The number of hydrogen-bond donors (Lipinski definition) is 0. The molecule has 0 atom stereocenters. The van der Waals surface area contributed by atoms with E-state index in [0.717, 1.165) is 24.4 Å². The Bertz CT molecular complexity index is 746. The van der Waals surface area contributed by atoms with Crippen molar-refractivity contribution in [2.45, 2.75) is 0 Å². The molecular weight excluding hydrogens is 211 g/mol. The van der Waals surface area contributed by atoms with Crippen LogP contribution in [0.3, 0.4) is 0 Å². The van der Waals surface area contributed by atoms with Crippen molar-refractivity contribution in [3.8, 4) is 0 Å². The van der Waals surface area contributed by atoms with Gasteiger partial charge in [0.25, 0.3) is 0 Å². The van der Waals surface area contributed by atoms with Gasteiger partial charge in [-0.25, -0.2) is 0 Å². The van der Waals surface area contributed by atoms with E-state index in [-0.39, 0.29) is 5.43 Å². The normalized spacial score (nSPS) is 11.1. The molecule has 3 rings (SSSR count). The molecule has 0 N–H and O–H groups in total. The van der Waals surface area contributed by atoms with Gasteiger partial charge in [-0.3, -0.25) is 0 Å². The van der Waals surface area contributed by atoms with Crippen molar-refractivity contribution in [1.29, 1.82) is 0 Å². The summed E-state index contributed by atoms with van der Waals surface area (Å²) in [4.78, 5) is 12.3. The molecule has 72 valence electrons. The van der Waals surface area contributed by atoms with Crippen molar-refractivity contribution in [2.24, 2.45) is 0 Å². The second-order valence-electron chi connectivity index (χ2n) is 3.88. The van der Waals surface area contributed by atoms with Crippen LogP contribution in [0, 0.1) is 0 Å². The maximum absolute atomic E-state index is 12.3. The van der Waals surface area contributed by atoms with Crippen LogP contribution in [-0.2, 0) is 0 Å². The zero-order valence-corrected chi connectivity index (χ0v) is 9.67. The van der Waals surface area contributed by atoms with Crippen molar-refractivity contribution in [1.82, 2.24) is 0 Å². The molecule has 1 aromatic heterocycles. The zero-order chi connectivity index (χ0) is 11.1. The Kier molecular flexibility index (Phi) is 2.37. The summed E-state index contributed by atoms with van der Waals surface area (Å²) >= 11 is 3.67. The fraction of sp³-hybridized carbons (Fsp3) is 0. The Morgan fingerprint density at radius 3 is 2.56 bits per heavy atom. The Labute approximate surface area is 106 Å². The Morgan fingerprint density at radius 2 is 1.69 bits per heavy atom. The molecule has 1 heterocycles. The molecule has 0 amide bonds. The number of hydrogen-bond acceptors (Lipinski definition) is 2. The van der Waals surface area contributed by atoms with E-state index in [9.17, 15) is 4.79 Å². The molecule has 0 saturated carbocycles. The van der Waals surface area contributed by atoms with Gasteiger partial charge in [0.05, 0.1) is 0 Å². The van der Waals surface area contributed by atoms with Crippen LogP contribution in [0.15, 0.2) is 47.3 Å². The average Bonchev–Trinajstić information content (AvgIpc) is 2.29. The Balaban J connectivity index is 2.67. The van der Waals surface area contributed by atoms with Gasteiger partial charge in [-0.2, -0.15) is 0 Å². The summed E-state index contributed by atoms with van der Waals surface area (Å²) in [6.45, 7) is 0. The molecule has 16 heavy (non-hydrogen) atoms. The molecule has 0 aliphatic rings. The van der Waals surface area contributed by atoms with Crippen LogP contribution in [0.1, 0.15) is 0 Å². The molecule has 3 aromatic rings. The molecule has 0 radical (unpaired) electrons. The molecular formula is C13H7LiOS. The van der Waals surface area contributed by atoms with Gasteiger partial charge < -0.3 is 0 Å². The average molecular weight is 218 g/mol. The standard InChI is InChI=1S/C13H7OS.Li/c14-13-9-5-1-3-7-11(9)15-12-8-4-2-6-10(12)13;/h1-5,7-8H;. The first-order chi connectivity index (χ1) is 7.77. The summed E-state index contributed by atoms with van der Waals surface area (Å²) in [6, 6.07) is 13.8. The van der Waals surface area contributed by atoms with Crippen molar-refractivity contribution in [3.63, 3.8) is 0 Å². The van der Waals surface area contributed by atoms with Crippen molar-refractivity contribution in [2.75, 3.05) is 0 Å². The SMILES string of the molecule is [Li][c]1cccc2sc3ccccc3c(=O)c12. The fourth-order valence-electron chi connectivity index (χ4n) is 2.01. The van der Waals surface area contributed by atoms with E-state index in [1.807, 2.05) is 60.2 Å². The molecule has 2 aromatic carbocycles. The van der Waals surface area contributed by atoms with Crippen molar-refractivity contribution in [3.05, 3.63) is 52.7 Å². The minimum absolute atomic E-state index is 0.155.